The Labute approximate surface area is 83.1 Å². The van der Waals surface area contributed by atoms with Crippen molar-refractivity contribution in [1.29, 1.82) is 0 Å². The summed E-state index contributed by atoms with van der Waals surface area (Å²) in [7, 11) is 0. The molecule has 0 spiro atoms. The lowest BCUT2D eigenvalue weighted by Crippen LogP contribution is -2.15. The van der Waals surface area contributed by atoms with Crippen LogP contribution in [0.25, 0.3) is 0 Å². The SMILES string of the molecule is Cc1nn(C(=O)CCCN)c(C)c1N. The van der Waals surface area contributed by atoms with E-state index in [9.17, 15) is 4.79 Å². The summed E-state index contributed by atoms with van der Waals surface area (Å²) in [6.07, 6.45) is 1.09. The van der Waals surface area contributed by atoms with Crippen LogP contribution in [-0.2, 0) is 0 Å². The van der Waals surface area contributed by atoms with Gasteiger partial charge in [-0.3, -0.25) is 4.79 Å². The van der Waals surface area contributed by atoms with Crippen molar-refractivity contribution in [3.05, 3.63) is 11.4 Å². The van der Waals surface area contributed by atoms with Crippen molar-refractivity contribution in [3.8, 4) is 0 Å². The standard InChI is InChI=1S/C9H16N4O/c1-6-9(11)7(2)13(12-6)8(14)4-3-5-10/h3-5,10-11H2,1-2H3. The fourth-order valence-corrected chi connectivity index (χ4v) is 1.26. The van der Waals surface area contributed by atoms with Gasteiger partial charge in [-0.25, -0.2) is 4.68 Å². The third-order valence-corrected chi connectivity index (χ3v) is 2.18. The van der Waals surface area contributed by atoms with Crippen LogP contribution in [0.5, 0.6) is 0 Å². The molecule has 78 valence electrons. The van der Waals surface area contributed by atoms with Gasteiger partial charge in [0.2, 0.25) is 5.91 Å². The molecule has 14 heavy (non-hydrogen) atoms. The van der Waals surface area contributed by atoms with Gasteiger partial charge in [-0.05, 0) is 26.8 Å². The number of aryl methyl sites for hydroxylation is 1. The van der Waals surface area contributed by atoms with E-state index in [1.54, 1.807) is 13.8 Å². The fraction of sp³-hybridized carbons (Fsp3) is 0.556. The molecule has 0 bridgehead atoms. The van der Waals surface area contributed by atoms with Crippen molar-refractivity contribution in [2.45, 2.75) is 26.7 Å². The third kappa shape index (κ3) is 1.93. The highest BCUT2D eigenvalue weighted by Gasteiger charge is 2.13. The second-order valence-corrected chi connectivity index (χ2v) is 3.28. The summed E-state index contributed by atoms with van der Waals surface area (Å²) in [6, 6.07) is 0. The number of nitrogens with two attached hydrogens (primary N) is 2. The minimum Gasteiger partial charge on any atom is -0.396 e. The highest BCUT2D eigenvalue weighted by atomic mass is 16.2. The van der Waals surface area contributed by atoms with E-state index in [1.807, 2.05) is 0 Å². The topological polar surface area (TPSA) is 86.9 Å². The second kappa shape index (κ2) is 4.23. The molecular formula is C9H16N4O. The fourth-order valence-electron chi connectivity index (χ4n) is 1.26. The van der Waals surface area contributed by atoms with Crippen LogP contribution in [0.1, 0.15) is 29.0 Å². The number of nitrogen functional groups attached to an aromatic ring is 1. The van der Waals surface area contributed by atoms with E-state index in [0.29, 0.717) is 36.5 Å². The zero-order chi connectivity index (χ0) is 10.7. The molecule has 0 atom stereocenters. The lowest BCUT2D eigenvalue weighted by molar-refractivity contribution is 0.0882. The summed E-state index contributed by atoms with van der Waals surface area (Å²) >= 11 is 0. The maximum atomic E-state index is 11.6. The largest absolute Gasteiger partial charge is 0.396 e. The predicted octanol–water partition coefficient (Wildman–Crippen LogP) is 0.461. The highest BCUT2D eigenvalue weighted by molar-refractivity contribution is 5.80. The Morgan fingerprint density at radius 3 is 2.57 bits per heavy atom. The van der Waals surface area contributed by atoms with Crippen LogP contribution >= 0.6 is 0 Å². The van der Waals surface area contributed by atoms with E-state index in [-0.39, 0.29) is 5.91 Å². The third-order valence-electron chi connectivity index (χ3n) is 2.18. The van der Waals surface area contributed by atoms with Crippen LogP contribution in [0.15, 0.2) is 0 Å². The van der Waals surface area contributed by atoms with Crippen molar-refractivity contribution in [3.63, 3.8) is 0 Å². The zero-order valence-electron chi connectivity index (χ0n) is 8.58. The molecular weight excluding hydrogens is 180 g/mol. The molecule has 1 rings (SSSR count). The summed E-state index contributed by atoms with van der Waals surface area (Å²) in [5.74, 6) is -0.0484. The lowest BCUT2D eigenvalue weighted by atomic mass is 10.3. The van der Waals surface area contributed by atoms with Crippen molar-refractivity contribution in [1.82, 2.24) is 9.78 Å². The summed E-state index contributed by atoms with van der Waals surface area (Å²) in [6.45, 7) is 4.09. The molecule has 4 N–H and O–H groups in total. The Hall–Kier alpha value is -1.36. The average molecular weight is 196 g/mol. The summed E-state index contributed by atoms with van der Waals surface area (Å²) < 4.78 is 1.36. The first-order valence-corrected chi connectivity index (χ1v) is 4.63. The smallest absolute Gasteiger partial charge is 0.247 e. The molecule has 1 aromatic heterocycles. The Morgan fingerprint density at radius 1 is 1.50 bits per heavy atom. The van der Waals surface area contributed by atoms with Gasteiger partial charge < -0.3 is 11.5 Å². The number of nitrogens with zero attached hydrogens (tertiary/aromatic N) is 2. The molecule has 0 aliphatic carbocycles. The van der Waals surface area contributed by atoms with Gasteiger partial charge in [0.15, 0.2) is 0 Å². The molecule has 0 saturated heterocycles. The number of aromatic nitrogens is 2. The van der Waals surface area contributed by atoms with E-state index >= 15 is 0 Å². The van der Waals surface area contributed by atoms with Crippen LogP contribution in [0.2, 0.25) is 0 Å². The van der Waals surface area contributed by atoms with Gasteiger partial charge in [0.1, 0.15) is 0 Å². The molecule has 5 heteroatoms. The monoisotopic (exact) mass is 196 g/mol. The van der Waals surface area contributed by atoms with Crippen LogP contribution in [0.3, 0.4) is 0 Å². The Bertz CT molecular complexity index is 343. The molecule has 0 saturated carbocycles. The van der Waals surface area contributed by atoms with Crippen LogP contribution in [-0.4, -0.2) is 22.2 Å². The summed E-state index contributed by atoms with van der Waals surface area (Å²) in [5.41, 5.74) is 13.0. The Morgan fingerprint density at radius 2 is 2.14 bits per heavy atom. The van der Waals surface area contributed by atoms with Crippen LogP contribution in [0, 0.1) is 13.8 Å². The van der Waals surface area contributed by atoms with Crippen LogP contribution < -0.4 is 11.5 Å². The quantitative estimate of drug-likeness (QED) is 0.735. The first kappa shape index (κ1) is 10.7. The molecule has 5 nitrogen and oxygen atoms in total. The predicted molar refractivity (Wildman–Crippen MR) is 55.0 cm³/mol. The van der Waals surface area contributed by atoms with Gasteiger partial charge in [0.05, 0.1) is 17.1 Å². The van der Waals surface area contributed by atoms with Crippen LogP contribution in [0.4, 0.5) is 5.69 Å². The van der Waals surface area contributed by atoms with Gasteiger partial charge in [-0.1, -0.05) is 0 Å². The summed E-state index contributed by atoms with van der Waals surface area (Å²) in [5, 5.41) is 4.06. The van der Waals surface area contributed by atoms with E-state index in [2.05, 4.69) is 5.10 Å². The number of carbonyl (C=O) groups excluding carboxylic acids is 1. The van der Waals surface area contributed by atoms with E-state index < -0.39 is 0 Å². The average Bonchev–Trinajstić information content (AvgIpc) is 2.42. The molecule has 0 aliphatic heterocycles. The van der Waals surface area contributed by atoms with Gasteiger partial charge in [0.25, 0.3) is 0 Å². The van der Waals surface area contributed by atoms with Crippen molar-refractivity contribution < 1.29 is 4.79 Å². The molecule has 0 fully saturated rings. The van der Waals surface area contributed by atoms with Gasteiger partial charge in [0, 0.05) is 6.42 Å². The van der Waals surface area contributed by atoms with E-state index in [0.717, 1.165) is 0 Å². The number of hydrogen-bond acceptors (Lipinski definition) is 4. The van der Waals surface area contributed by atoms with Crippen molar-refractivity contribution in [2.75, 3.05) is 12.3 Å². The second-order valence-electron chi connectivity index (χ2n) is 3.28. The Balaban J connectivity index is 2.85. The van der Waals surface area contributed by atoms with E-state index in [4.69, 9.17) is 11.5 Å². The minimum atomic E-state index is -0.0484. The zero-order valence-corrected chi connectivity index (χ0v) is 8.58. The molecule has 0 radical (unpaired) electrons. The molecule has 0 amide bonds. The first-order valence-electron chi connectivity index (χ1n) is 4.63. The van der Waals surface area contributed by atoms with Crippen molar-refractivity contribution >= 4 is 11.6 Å². The number of carbonyl (C=O) groups is 1. The van der Waals surface area contributed by atoms with Gasteiger partial charge >= 0.3 is 0 Å². The van der Waals surface area contributed by atoms with Gasteiger partial charge in [-0.15, -0.1) is 0 Å². The molecule has 0 unspecified atom stereocenters. The maximum absolute atomic E-state index is 11.6. The highest BCUT2D eigenvalue weighted by Crippen LogP contribution is 2.15. The number of rotatable bonds is 3. The van der Waals surface area contributed by atoms with E-state index in [1.165, 1.54) is 4.68 Å². The molecule has 0 aliphatic rings. The minimum absolute atomic E-state index is 0.0484. The summed E-state index contributed by atoms with van der Waals surface area (Å²) in [4.78, 5) is 11.6. The molecule has 1 heterocycles. The normalized spacial score (nSPS) is 10.5. The Kier molecular flexibility index (Phi) is 3.24. The number of hydrogen-bond donors (Lipinski definition) is 2. The van der Waals surface area contributed by atoms with Gasteiger partial charge in [-0.2, -0.15) is 5.10 Å². The first-order chi connectivity index (χ1) is 6.57. The van der Waals surface area contributed by atoms with Crippen molar-refractivity contribution in [2.24, 2.45) is 5.73 Å². The number of anilines is 1. The molecule has 1 aromatic rings. The molecule has 0 aromatic carbocycles. The lowest BCUT2D eigenvalue weighted by Gasteiger charge is -2.01. The maximum Gasteiger partial charge on any atom is 0.247 e.